The molecule has 0 heterocycles. The van der Waals surface area contributed by atoms with Crippen LogP contribution in [0, 0.1) is 17.1 Å². The number of nitrogen functional groups attached to an aromatic ring is 1. The third-order valence-corrected chi connectivity index (χ3v) is 2.26. The van der Waals surface area contributed by atoms with Gasteiger partial charge in [-0.2, -0.15) is 5.26 Å². The van der Waals surface area contributed by atoms with E-state index in [0.717, 1.165) is 0 Å². The van der Waals surface area contributed by atoms with E-state index in [1.54, 1.807) is 6.26 Å². The average molecular weight is 182 g/mol. The molecule has 0 aliphatic rings. The maximum Gasteiger partial charge on any atom is 0.160 e. The Labute approximate surface area is 74.2 Å². The van der Waals surface area contributed by atoms with E-state index < -0.39 is 5.82 Å². The van der Waals surface area contributed by atoms with Crippen LogP contribution in [0.5, 0.6) is 0 Å². The minimum atomic E-state index is -0.499. The molecular formula is C8H7FN2S. The van der Waals surface area contributed by atoms with Crippen molar-refractivity contribution in [1.82, 2.24) is 0 Å². The van der Waals surface area contributed by atoms with Gasteiger partial charge in [-0.15, -0.1) is 11.8 Å². The summed E-state index contributed by atoms with van der Waals surface area (Å²) in [6, 6.07) is 4.81. The predicted octanol–water partition coefficient (Wildman–Crippen LogP) is 2.00. The Morgan fingerprint density at radius 2 is 2.25 bits per heavy atom. The molecule has 0 spiro atoms. The molecule has 0 fully saturated rings. The monoisotopic (exact) mass is 182 g/mol. The zero-order chi connectivity index (χ0) is 9.14. The summed E-state index contributed by atoms with van der Waals surface area (Å²) in [6.07, 6.45) is 1.71. The fourth-order valence-corrected chi connectivity index (χ4v) is 1.49. The first kappa shape index (κ1) is 8.88. The van der Waals surface area contributed by atoms with Crippen LogP contribution < -0.4 is 5.73 Å². The summed E-state index contributed by atoms with van der Waals surface area (Å²) in [5, 5.41) is 8.59. The summed E-state index contributed by atoms with van der Waals surface area (Å²) < 4.78 is 13.2. The van der Waals surface area contributed by atoms with Gasteiger partial charge in [0.05, 0.1) is 16.1 Å². The van der Waals surface area contributed by atoms with E-state index in [0.29, 0.717) is 10.5 Å². The van der Waals surface area contributed by atoms with Crippen molar-refractivity contribution in [2.24, 2.45) is 0 Å². The highest BCUT2D eigenvalue weighted by Gasteiger charge is 2.09. The molecule has 62 valence electrons. The van der Waals surface area contributed by atoms with Crippen molar-refractivity contribution in [3.63, 3.8) is 0 Å². The number of nitriles is 1. The van der Waals surface area contributed by atoms with Gasteiger partial charge in [-0.1, -0.05) is 0 Å². The predicted molar refractivity (Wildman–Crippen MR) is 47.3 cm³/mol. The molecule has 1 rings (SSSR count). The van der Waals surface area contributed by atoms with Gasteiger partial charge in [-0.3, -0.25) is 0 Å². The van der Waals surface area contributed by atoms with E-state index in [-0.39, 0.29) is 5.69 Å². The van der Waals surface area contributed by atoms with Crippen LogP contribution in [0.4, 0.5) is 10.1 Å². The zero-order valence-corrected chi connectivity index (χ0v) is 7.28. The third-order valence-electron chi connectivity index (χ3n) is 1.45. The second kappa shape index (κ2) is 3.46. The molecule has 0 saturated carbocycles. The number of hydrogen-bond donors (Lipinski definition) is 1. The molecule has 0 aliphatic heterocycles. The Hall–Kier alpha value is -1.21. The van der Waals surface area contributed by atoms with Crippen molar-refractivity contribution in [3.8, 4) is 6.07 Å². The van der Waals surface area contributed by atoms with Crippen molar-refractivity contribution in [1.29, 1.82) is 5.26 Å². The lowest BCUT2D eigenvalue weighted by Crippen LogP contribution is -1.94. The number of rotatable bonds is 1. The smallest absolute Gasteiger partial charge is 0.160 e. The van der Waals surface area contributed by atoms with Crippen molar-refractivity contribution in [2.45, 2.75) is 4.90 Å². The lowest BCUT2D eigenvalue weighted by molar-refractivity contribution is 0.606. The maximum absolute atomic E-state index is 13.2. The Kier molecular flexibility index (Phi) is 2.56. The summed E-state index contributed by atoms with van der Waals surface area (Å²) in [7, 11) is 0. The molecule has 2 nitrogen and oxygen atoms in total. The fraction of sp³-hybridized carbons (Fsp3) is 0.125. The number of benzene rings is 1. The molecule has 1 aromatic rings. The second-order valence-corrected chi connectivity index (χ2v) is 2.98. The number of halogens is 1. The molecule has 0 unspecified atom stereocenters. The first-order valence-corrected chi connectivity index (χ1v) is 4.45. The standard InChI is InChI=1S/C8H7FN2S/c1-12-8-5(4-10)2-3-6(11)7(8)9/h2-3H,11H2,1H3. The Morgan fingerprint density at radius 1 is 1.58 bits per heavy atom. The van der Waals surface area contributed by atoms with Crippen LogP contribution in [0.3, 0.4) is 0 Å². The van der Waals surface area contributed by atoms with Crippen LogP contribution in [0.25, 0.3) is 0 Å². The summed E-state index contributed by atoms with van der Waals surface area (Å²) in [6.45, 7) is 0. The van der Waals surface area contributed by atoms with E-state index in [1.165, 1.54) is 23.9 Å². The van der Waals surface area contributed by atoms with Gasteiger partial charge in [0.15, 0.2) is 5.82 Å². The van der Waals surface area contributed by atoms with Crippen LogP contribution >= 0.6 is 11.8 Å². The first-order chi connectivity index (χ1) is 5.70. The minimum Gasteiger partial charge on any atom is -0.396 e. The second-order valence-electron chi connectivity index (χ2n) is 2.16. The van der Waals surface area contributed by atoms with E-state index in [1.807, 2.05) is 6.07 Å². The molecule has 12 heavy (non-hydrogen) atoms. The SMILES string of the molecule is CSc1c(C#N)ccc(N)c1F. The average Bonchev–Trinajstić information content (AvgIpc) is 2.09. The number of nitrogens with two attached hydrogens (primary N) is 1. The highest BCUT2D eigenvalue weighted by atomic mass is 32.2. The maximum atomic E-state index is 13.2. The number of hydrogen-bond acceptors (Lipinski definition) is 3. The van der Waals surface area contributed by atoms with Crippen LogP contribution in [0.1, 0.15) is 5.56 Å². The van der Waals surface area contributed by atoms with Crippen molar-refractivity contribution < 1.29 is 4.39 Å². The van der Waals surface area contributed by atoms with E-state index >= 15 is 0 Å². The Bertz CT molecular complexity index is 344. The van der Waals surface area contributed by atoms with Crippen LogP contribution in [0.15, 0.2) is 17.0 Å². The third kappa shape index (κ3) is 1.36. The molecule has 0 amide bonds. The Morgan fingerprint density at radius 3 is 2.75 bits per heavy atom. The van der Waals surface area contributed by atoms with Crippen LogP contribution in [-0.2, 0) is 0 Å². The van der Waals surface area contributed by atoms with Gasteiger partial charge in [0, 0.05) is 0 Å². The summed E-state index contributed by atoms with van der Waals surface area (Å²) in [4.78, 5) is 0.317. The molecule has 4 heteroatoms. The number of nitrogens with zero attached hydrogens (tertiary/aromatic N) is 1. The summed E-state index contributed by atoms with van der Waals surface area (Å²) in [5.74, 6) is -0.499. The van der Waals surface area contributed by atoms with Gasteiger partial charge in [0.1, 0.15) is 6.07 Å². The first-order valence-electron chi connectivity index (χ1n) is 3.22. The largest absolute Gasteiger partial charge is 0.396 e. The lowest BCUT2D eigenvalue weighted by Gasteiger charge is -2.03. The molecule has 0 saturated heterocycles. The van der Waals surface area contributed by atoms with Crippen LogP contribution in [-0.4, -0.2) is 6.26 Å². The van der Waals surface area contributed by atoms with Crippen molar-refractivity contribution in [3.05, 3.63) is 23.5 Å². The molecule has 0 aliphatic carbocycles. The topological polar surface area (TPSA) is 49.8 Å². The van der Waals surface area contributed by atoms with Gasteiger partial charge in [-0.05, 0) is 18.4 Å². The fourth-order valence-electron chi connectivity index (χ4n) is 0.859. The summed E-state index contributed by atoms with van der Waals surface area (Å²) in [5.41, 5.74) is 5.73. The van der Waals surface area contributed by atoms with Crippen molar-refractivity contribution in [2.75, 3.05) is 12.0 Å². The molecule has 0 bridgehead atoms. The molecule has 1 aromatic carbocycles. The quantitative estimate of drug-likeness (QED) is 0.533. The zero-order valence-electron chi connectivity index (χ0n) is 6.47. The van der Waals surface area contributed by atoms with E-state index in [9.17, 15) is 4.39 Å². The molecule has 0 atom stereocenters. The van der Waals surface area contributed by atoms with E-state index in [4.69, 9.17) is 11.0 Å². The highest BCUT2D eigenvalue weighted by molar-refractivity contribution is 7.98. The lowest BCUT2D eigenvalue weighted by atomic mass is 10.2. The molecule has 0 radical (unpaired) electrons. The Balaban J connectivity index is 3.38. The highest BCUT2D eigenvalue weighted by Crippen LogP contribution is 2.26. The van der Waals surface area contributed by atoms with Gasteiger partial charge in [-0.25, -0.2) is 4.39 Å². The molecule has 2 N–H and O–H groups in total. The van der Waals surface area contributed by atoms with Crippen molar-refractivity contribution >= 4 is 17.4 Å². The number of thioether (sulfide) groups is 1. The van der Waals surface area contributed by atoms with Gasteiger partial charge in [0.25, 0.3) is 0 Å². The normalized spacial score (nSPS) is 9.42. The van der Waals surface area contributed by atoms with Gasteiger partial charge < -0.3 is 5.73 Å². The van der Waals surface area contributed by atoms with Gasteiger partial charge >= 0.3 is 0 Å². The summed E-state index contributed by atoms with van der Waals surface area (Å²) >= 11 is 1.18. The van der Waals surface area contributed by atoms with E-state index in [2.05, 4.69) is 0 Å². The van der Waals surface area contributed by atoms with Crippen LogP contribution in [0.2, 0.25) is 0 Å². The number of anilines is 1. The molecule has 0 aromatic heterocycles. The van der Waals surface area contributed by atoms with Gasteiger partial charge in [0.2, 0.25) is 0 Å². The molecular weight excluding hydrogens is 175 g/mol. The minimum absolute atomic E-state index is 0.0818.